The van der Waals surface area contributed by atoms with Gasteiger partial charge in [-0.1, -0.05) is 23.7 Å². The molecule has 1 spiro atoms. The number of phenols is 1. The van der Waals surface area contributed by atoms with Crippen molar-refractivity contribution in [3.8, 4) is 5.75 Å². The number of phenolic OH excluding ortho intramolecular Hbond substituents is 1. The molecule has 0 unspecified atom stereocenters. The molecule has 3 aromatic carbocycles. The fraction of sp³-hybridized carbons (Fsp3) is 0.250. The van der Waals surface area contributed by atoms with Crippen LogP contribution in [0.5, 0.6) is 5.75 Å². The standard InChI is InChI=1S/C28H26ClN3O5/c1-2-37-26(35)17-5-8-19(9-6-17)30-25(34)23-15-20(13-16-3-10-21(33)11-4-16)32-28(23)22-14-18(29)7-12-24(22)31-27(28)36/h3-12,14,20,23,32-33H,2,13,15H2,1H3,(H,30,34)(H,31,36)/t20-,23+,28-/m0/s1. The van der Waals surface area contributed by atoms with Crippen LogP contribution in [0.15, 0.2) is 66.7 Å². The number of carbonyl (C=O) groups excluding carboxylic acids is 3. The molecule has 4 N–H and O–H groups in total. The van der Waals surface area contributed by atoms with Crippen LogP contribution in [0.4, 0.5) is 11.4 Å². The number of benzene rings is 3. The fourth-order valence-corrected chi connectivity index (χ4v) is 5.39. The first-order valence-corrected chi connectivity index (χ1v) is 12.4. The Balaban J connectivity index is 1.44. The highest BCUT2D eigenvalue weighted by Crippen LogP contribution is 2.48. The second kappa shape index (κ2) is 9.88. The van der Waals surface area contributed by atoms with Gasteiger partial charge in [-0.2, -0.15) is 0 Å². The maximum Gasteiger partial charge on any atom is 0.338 e. The van der Waals surface area contributed by atoms with Crippen molar-refractivity contribution < 1.29 is 24.2 Å². The summed E-state index contributed by atoms with van der Waals surface area (Å²) in [6.07, 6.45) is 0.955. The molecule has 1 saturated heterocycles. The van der Waals surface area contributed by atoms with Gasteiger partial charge in [0, 0.05) is 28.0 Å². The van der Waals surface area contributed by atoms with E-state index in [1.807, 2.05) is 12.1 Å². The number of hydrogen-bond acceptors (Lipinski definition) is 6. The maximum absolute atomic E-state index is 13.7. The summed E-state index contributed by atoms with van der Waals surface area (Å²) in [7, 11) is 0. The maximum atomic E-state index is 13.7. The van der Waals surface area contributed by atoms with Gasteiger partial charge in [0.1, 0.15) is 11.3 Å². The van der Waals surface area contributed by atoms with Crippen LogP contribution in [-0.4, -0.2) is 35.5 Å². The summed E-state index contributed by atoms with van der Waals surface area (Å²) >= 11 is 6.30. The van der Waals surface area contributed by atoms with E-state index >= 15 is 0 Å². The minimum Gasteiger partial charge on any atom is -0.508 e. The summed E-state index contributed by atoms with van der Waals surface area (Å²) in [6, 6.07) is 18.3. The first-order chi connectivity index (χ1) is 17.8. The predicted molar refractivity (Wildman–Crippen MR) is 140 cm³/mol. The molecule has 2 amide bonds. The van der Waals surface area contributed by atoms with Crippen molar-refractivity contribution in [2.24, 2.45) is 5.92 Å². The molecule has 8 nitrogen and oxygen atoms in total. The lowest BCUT2D eigenvalue weighted by molar-refractivity contribution is -0.130. The van der Waals surface area contributed by atoms with Crippen LogP contribution >= 0.6 is 11.6 Å². The molecule has 0 aromatic heterocycles. The van der Waals surface area contributed by atoms with Crippen LogP contribution in [0, 0.1) is 5.92 Å². The highest BCUT2D eigenvalue weighted by molar-refractivity contribution is 6.31. The number of esters is 1. The molecule has 5 rings (SSSR count). The molecular formula is C28H26ClN3O5. The van der Waals surface area contributed by atoms with E-state index in [0.29, 0.717) is 40.4 Å². The fourth-order valence-electron chi connectivity index (χ4n) is 5.22. The van der Waals surface area contributed by atoms with Gasteiger partial charge in [0.15, 0.2) is 0 Å². The predicted octanol–water partition coefficient (Wildman–Crippen LogP) is 4.23. The molecule has 3 atom stereocenters. The number of amides is 2. The average molecular weight is 520 g/mol. The second-order valence-electron chi connectivity index (χ2n) is 9.24. The minimum absolute atomic E-state index is 0.171. The third-order valence-electron chi connectivity index (χ3n) is 6.89. The number of anilines is 2. The summed E-state index contributed by atoms with van der Waals surface area (Å²) in [5.74, 6) is -1.64. The normalized spacial score (nSPS) is 21.9. The van der Waals surface area contributed by atoms with Crippen molar-refractivity contribution in [2.75, 3.05) is 17.2 Å². The van der Waals surface area contributed by atoms with Crippen LogP contribution < -0.4 is 16.0 Å². The number of nitrogens with one attached hydrogen (secondary N) is 3. The number of ether oxygens (including phenoxy) is 1. The molecule has 2 aliphatic rings. The number of fused-ring (bicyclic) bond motifs is 2. The number of carbonyl (C=O) groups is 3. The number of rotatable bonds is 6. The zero-order valence-electron chi connectivity index (χ0n) is 20.1. The van der Waals surface area contributed by atoms with Crippen molar-refractivity contribution >= 4 is 40.8 Å². The van der Waals surface area contributed by atoms with Crippen LogP contribution in [0.1, 0.15) is 34.8 Å². The number of aromatic hydroxyl groups is 1. The molecule has 9 heteroatoms. The molecule has 3 aromatic rings. The molecule has 0 radical (unpaired) electrons. The van der Waals surface area contributed by atoms with Crippen molar-refractivity contribution in [2.45, 2.75) is 31.3 Å². The third kappa shape index (κ3) is 4.65. The summed E-state index contributed by atoms with van der Waals surface area (Å²) < 4.78 is 5.01. The van der Waals surface area contributed by atoms with Gasteiger partial charge >= 0.3 is 5.97 Å². The average Bonchev–Trinajstić information content (AvgIpc) is 3.39. The van der Waals surface area contributed by atoms with E-state index in [2.05, 4.69) is 16.0 Å². The lowest BCUT2D eigenvalue weighted by Crippen LogP contribution is -2.52. The Morgan fingerprint density at radius 3 is 2.54 bits per heavy atom. The summed E-state index contributed by atoms with van der Waals surface area (Å²) in [5, 5.41) is 19.4. The van der Waals surface area contributed by atoms with Crippen molar-refractivity contribution in [1.29, 1.82) is 0 Å². The van der Waals surface area contributed by atoms with Gasteiger partial charge in [0.2, 0.25) is 11.8 Å². The van der Waals surface area contributed by atoms with Gasteiger partial charge in [-0.25, -0.2) is 4.79 Å². The molecule has 2 aliphatic heterocycles. The van der Waals surface area contributed by atoms with Gasteiger partial charge in [-0.05, 0) is 79.9 Å². The largest absolute Gasteiger partial charge is 0.508 e. The van der Waals surface area contributed by atoms with Crippen molar-refractivity contribution in [3.05, 3.63) is 88.4 Å². The van der Waals surface area contributed by atoms with Gasteiger partial charge in [-0.15, -0.1) is 0 Å². The molecule has 37 heavy (non-hydrogen) atoms. The van der Waals surface area contributed by atoms with Gasteiger partial charge in [-0.3, -0.25) is 14.9 Å². The lowest BCUT2D eigenvalue weighted by atomic mass is 9.79. The Morgan fingerprint density at radius 1 is 1.11 bits per heavy atom. The van der Waals surface area contributed by atoms with Crippen LogP contribution in [0.3, 0.4) is 0 Å². The summed E-state index contributed by atoms with van der Waals surface area (Å²) in [6.45, 7) is 2.00. The molecular weight excluding hydrogens is 494 g/mol. The molecule has 0 saturated carbocycles. The Bertz CT molecular complexity index is 1360. The van der Waals surface area contributed by atoms with E-state index in [4.69, 9.17) is 16.3 Å². The van der Waals surface area contributed by atoms with Gasteiger partial charge in [0.05, 0.1) is 18.1 Å². The quantitative estimate of drug-likeness (QED) is 0.362. The molecule has 190 valence electrons. The Morgan fingerprint density at radius 2 is 1.84 bits per heavy atom. The van der Waals surface area contributed by atoms with Crippen molar-refractivity contribution in [1.82, 2.24) is 5.32 Å². The zero-order chi connectivity index (χ0) is 26.2. The first kappa shape index (κ1) is 24.8. The highest BCUT2D eigenvalue weighted by atomic mass is 35.5. The van der Waals surface area contributed by atoms with Crippen LogP contribution in [0.2, 0.25) is 5.02 Å². The lowest BCUT2D eigenvalue weighted by Gasteiger charge is -2.29. The minimum atomic E-state index is -1.29. The van der Waals surface area contributed by atoms with Crippen LogP contribution in [-0.2, 0) is 26.3 Å². The summed E-state index contributed by atoms with van der Waals surface area (Å²) in [5.41, 5.74) is 1.80. The van der Waals surface area contributed by atoms with E-state index in [9.17, 15) is 19.5 Å². The van der Waals surface area contributed by atoms with Gasteiger partial charge < -0.3 is 20.5 Å². The van der Waals surface area contributed by atoms with E-state index in [-0.39, 0.29) is 30.2 Å². The van der Waals surface area contributed by atoms with Gasteiger partial charge in [0.25, 0.3) is 0 Å². The summed E-state index contributed by atoms with van der Waals surface area (Å²) in [4.78, 5) is 39.1. The topological polar surface area (TPSA) is 117 Å². The van der Waals surface area contributed by atoms with E-state index in [1.54, 1.807) is 61.5 Å². The molecule has 0 bridgehead atoms. The smallest absolute Gasteiger partial charge is 0.338 e. The third-order valence-corrected chi connectivity index (χ3v) is 7.12. The first-order valence-electron chi connectivity index (χ1n) is 12.0. The molecule has 1 fully saturated rings. The van der Waals surface area contributed by atoms with E-state index in [1.165, 1.54) is 0 Å². The van der Waals surface area contributed by atoms with E-state index in [0.717, 1.165) is 5.56 Å². The highest BCUT2D eigenvalue weighted by Gasteiger charge is 2.60. The Kier molecular flexibility index (Phi) is 6.62. The number of hydrogen-bond donors (Lipinski definition) is 4. The Labute approximate surface area is 219 Å². The van der Waals surface area contributed by atoms with Crippen LogP contribution in [0.25, 0.3) is 0 Å². The molecule has 0 aliphatic carbocycles. The second-order valence-corrected chi connectivity index (χ2v) is 9.68. The monoisotopic (exact) mass is 519 g/mol. The number of halogens is 1. The molecule has 2 heterocycles. The van der Waals surface area contributed by atoms with E-state index < -0.39 is 17.4 Å². The van der Waals surface area contributed by atoms with Crippen molar-refractivity contribution in [3.63, 3.8) is 0 Å². The zero-order valence-corrected chi connectivity index (χ0v) is 20.8. The Hall–Kier alpha value is -3.88. The SMILES string of the molecule is CCOC(=O)c1ccc(NC(=O)[C@H]2C[C@H](Cc3ccc(O)cc3)N[C@]23C(=O)Nc2ccc(Cl)cc23)cc1.